The summed E-state index contributed by atoms with van der Waals surface area (Å²) in [5.74, 6) is 0.165. The third-order valence-electron chi connectivity index (χ3n) is 6.16. The fraction of sp³-hybridized carbons (Fsp3) is 0.355. The van der Waals surface area contributed by atoms with Crippen molar-refractivity contribution in [3.63, 3.8) is 0 Å². The summed E-state index contributed by atoms with van der Waals surface area (Å²) in [5, 5.41) is 13.3. The van der Waals surface area contributed by atoms with Crippen LogP contribution in [0.3, 0.4) is 0 Å². The first-order chi connectivity index (χ1) is 20.3. The van der Waals surface area contributed by atoms with E-state index in [0.717, 1.165) is 11.1 Å². The number of urea groups is 1. The predicted molar refractivity (Wildman–Crippen MR) is 163 cm³/mol. The highest BCUT2D eigenvalue weighted by atomic mass is 35.5. The van der Waals surface area contributed by atoms with E-state index < -0.39 is 12.1 Å². The molecule has 0 aromatic heterocycles. The lowest BCUT2D eigenvalue weighted by atomic mass is 10.1. The van der Waals surface area contributed by atoms with Crippen LogP contribution in [0.5, 0.6) is 11.5 Å². The third kappa shape index (κ3) is 11.1. The van der Waals surface area contributed by atoms with Crippen molar-refractivity contribution in [2.45, 2.75) is 32.5 Å². The molecule has 0 aliphatic rings. The summed E-state index contributed by atoms with van der Waals surface area (Å²) in [6.45, 7) is 3.84. The van der Waals surface area contributed by atoms with Gasteiger partial charge in [-0.25, -0.2) is 9.59 Å². The van der Waals surface area contributed by atoms with Crippen LogP contribution in [-0.4, -0.2) is 68.1 Å². The third-order valence-corrected chi connectivity index (χ3v) is 6.60. The number of para-hydroxylation sites is 2. The molecule has 0 aliphatic carbocycles. The highest BCUT2D eigenvalue weighted by molar-refractivity contribution is 6.34. The summed E-state index contributed by atoms with van der Waals surface area (Å²) >= 11 is 12.1. The molecule has 0 saturated carbocycles. The molecule has 2 N–H and O–H groups in total. The zero-order valence-corrected chi connectivity index (χ0v) is 25.2. The molecule has 0 saturated heterocycles. The number of ether oxygens (including phenoxy) is 4. The first-order valence-corrected chi connectivity index (χ1v) is 14.3. The first kappa shape index (κ1) is 33.0. The van der Waals surface area contributed by atoms with Crippen molar-refractivity contribution in [3.8, 4) is 11.5 Å². The molecule has 0 bridgehead atoms. The van der Waals surface area contributed by atoms with Crippen LogP contribution in [0, 0.1) is 0 Å². The first-order valence-electron chi connectivity index (χ1n) is 13.6. The molecule has 1 atom stereocenters. The van der Waals surface area contributed by atoms with Crippen LogP contribution in [-0.2, 0) is 27.3 Å². The molecule has 1 unspecified atom stereocenters. The second kappa shape index (κ2) is 17.5. The molecule has 42 heavy (non-hydrogen) atoms. The molecule has 0 radical (unpaired) electrons. The minimum atomic E-state index is -0.997. The van der Waals surface area contributed by atoms with Crippen LogP contribution >= 0.6 is 23.2 Å². The van der Waals surface area contributed by atoms with Gasteiger partial charge in [0.2, 0.25) is 0 Å². The largest absolute Gasteiger partial charge is 0.495 e. The van der Waals surface area contributed by atoms with E-state index in [9.17, 15) is 14.7 Å². The molecule has 3 rings (SSSR count). The Morgan fingerprint density at radius 3 is 2.33 bits per heavy atom. The zero-order chi connectivity index (χ0) is 30.3. The number of nitrogens with zero attached hydrogens (tertiary/aromatic N) is 1. The van der Waals surface area contributed by atoms with Crippen LogP contribution in [0.15, 0.2) is 66.7 Å². The van der Waals surface area contributed by atoms with Gasteiger partial charge in [0.1, 0.15) is 18.1 Å². The van der Waals surface area contributed by atoms with Gasteiger partial charge in [-0.1, -0.05) is 47.5 Å². The lowest BCUT2D eigenvalue weighted by molar-refractivity contribution is -0.149. The van der Waals surface area contributed by atoms with Gasteiger partial charge in [-0.2, -0.15) is 0 Å². The molecule has 0 spiro atoms. The van der Waals surface area contributed by atoms with Crippen molar-refractivity contribution in [2.24, 2.45) is 0 Å². The summed E-state index contributed by atoms with van der Waals surface area (Å²) in [6, 6.07) is 19.3. The average molecular weight is 620 g/mol. The average Bonchev–Trinajstić information content (AvgIpc) is 2.96. The Hall–Kier alpha value is -3.50. The normalized spacial score (nSPS) is 11.5. The number of carboxylic acids is 1. The minimum Gasteiger partial charge on any atom is -0.495 e. The number of carbonyl (C=O) groups is 2. The van der Waals surface area contributed by atoms with E-state index in [4.69, 9.17) is 42.1 Å². The quantitative estimate of drug-likeness (QED) is 0.165. The fourth-order valence-electron chi connectivity index (χ4n) is 4.13. The maximum Gasteiger partial charge on any atom is 0.333 e. The highest BCUT2D eigenvalue weighted by Gasteiger charge is 2.18. The van der Waals surface area contributed by atoms with Crippen molar-refractivity contribution < 1.29 is 33.6 Å². The van der Waals surface area contributed by atoms with E-state index >= 15 is 0 Å². The van der Waals surface area contributed by atoms with E-state index in [0.29, 0.717) is 66.6 Å². The van der Waals surface area contributed by atoms with Crippen LogP contribution in [0.2, 0.25) is 10.0 Å². The SMILES string of the molecule is CCOC(Cc1ccc(OCCN(CCCOCc2cc(Cl)cc(Cl)c2)C(=O)Nc2ccccc2OC)cc1)C(=O)O. The number of aliphatic carboxylic acids is 1. The number of nitrogens with one attached hydrogen (secondary N) is 1. The number of amides is 2. The van der Waals surface area contributed by atoms with Crippen molar-refractivity contribution in [1.82, 2.24) is 4.90 Å². The van der Waals surface area contributed by atoms with Gasteiger partial charge in [0, 0.05) is 36.2 Å². The van der Waals surface area contributed by atoms with E-state index in [1.807, 2.05) is 12.1 Å². The Bertz CT molecular complexity index is 1270. The zero-order valence-electron chi connectivity index (χ0n) is 23.7. The summed E-state index contributed by atoms with van der Waals surface area (Å²) in [5.41, 5.74) is 2.25. The smallest absolute Gasteiger partial charge is 0.333 e. The van der Waals surface area contributed by atoms with Crippen molar-refractivity contribution in [1.29, 1.82) is 0 Å². The fourth-order valence-corrected chi connectivity index (χ4v) is 4.70. The van der Waals surface area contributed by atoms with Gasteiger partial charge < -0.3 is 34.3 Å². The van der Waals surface area contributed by atoms with Crippen LogP contribution in [0.25, 0.3) is 0 Å². The summed E-state index contributed by atoms with van der Waals surface area (Å²) in [6.07, 6.45) is -0.0518. The van der Waals surface area contributed by atoms with Gasteiger partial charge >= 0.3 is 12.0 Å². The molecular weight excluding hydrogens is 583 g/mol. The van der Waals surface area contributed by atoms with Gasteiger partial charge in [0.05, 0.1) is 25.9 Å². The number of carboxylic acid groups (broad SMARTS) is 1. The van der Waals surface area contributed by atoms with Gasteiger partial charge in [-0.05, 0) is 66.9 Å². The Labute approximate surface area is 256 Å². The molecule has 3 aromatic carbocycles. The highest BCUT2D eigenvalue weighted by Crippen LogP contribution is 2.24. The van der Waals surface area contributed by atoms with Gasteiger partial charge in [-0.3, -0.25) is 0 Å². The lowest BCUT2D eigenvalue weighted by Gasteiger charge is -2.24. The van der Waals surface area contributed by atoms with Gasteiger partial charge in [-0.15, -0.1) is 0 Å². The summed E-state index contributed by atoms with van der Waals surface area (Å²) < 4.78 is 22.3. The van der Waals surface area contributed by atoms with Crippen LogP contribution in [0.1, 0.15) is 24.5 Å². The standard InChI is InChI=1S/C31H36Cl2N2O7/c1-3-41-29(30(36)37)19-22-9-11-26(12-10-22)42-16-14-35(31(38)34-27-7-4-5-8-28(27)39-2)13-6-15-40-21-23-17-24(32)20-25(33)18-23/h4-5,7-12,17-18,20,29H,3,6,13-16,19,21H2,1-2H3,(H,34,38)(H,36,37). The summed E-state index contributed by atoms with van der Waals surface area (Å²) in [7, 11) is 1.55. The van der Waals surface area contributed by atoms with E-state index in [1.54, 1.807) is 73.5 Å². The van der Waals surface area contributed by atoms with Gasteiger partial charge in [0.25, 0.3) is 0 Å². The Morgan fingerprint density at radius 2 is 1.67 bits per heavy atom. The number of hydrogen-bond donors (Lipinski definition) is 2. The number of rotatable bonds is 17. The second-order valence-electron chi connectivity index (χ2n) is 9.28. The Balaban J connectivity index is 1.55. The van der Waals surface area contributed by atoms with E-state index in [1.165, 1.54) is 0 Å². The number of carbonyl (C=O) groups excluding carboxylic acids is 1. The van der Waals surface area contributed by atoms with E-state index in [2.05, 4.69) is 5.32 Å². The molecule has 226 valence electrons. The molecule has 3 aromatic rings. The van der Waals surface area contributed by atoms with Crippen molar-refractivity contribution in [3.05, 3.63) is 87.9 Å². The molecule has 9 nitrogen and oxygen atoms in total. The molecule has 0 fully saturated rings. The van der Waals surface area contributed by atoms with Gasteiger partial charge in [0.15, 0.2) is 6.10 Å². The van der Waals surface area contributed by atoms with Crippen molar-refractivity contribution in [2.75, 3.05) is 45.3 Å². The number of anilines is 1. The van der Waals surface area contributed by atoms with E-state index in [-0.39, 0.29) is 19.1 Å². The Morgan fingerprint density at radius 1 is 0.952 bits per heavy atom. The topological polar surface area (TPSA) is 107 Å². The second-order valence-corrected chi connectivity index (χ2v) is 10.2. The lowest BCUT2D eigenvalue weighted by Crippen LogP contribution is -2.39. The maximum atomic E-state index is 13.2. The molecular formula is C31H36Cl2N2O7. The summed E-state index contributed by atoms with van der Waals surface area (Å²) in [4.78, 5) is 26.2. The monoisotopic (exact) mass is 618 g/mol. The number of hydrogen-bond acceptors (Lipinski definition) is 6. The number of halogens is 2. The number of methoxy groups -OCH3 is 1. The molecule has 11 heteroatoms. The minimum absolute atomic E-state index is 0.247. The number of benzene rings is 3. The van der Waals surface area contributed by atoms with Crippen LogP contribution < -0.4 is 14.8 Å². The molecule has 0 aliphatic heterocycles. The molecule has 2 amide bonds. The van der Waals surface area contributed by atoms with Crippen molar-refractivity contribution >= 4 is 40.9 Å². The van der Waals surface area contributed by atoms with Crippen LogP contribution in [0.4, 0.5) is 10.5 Å². The Kier molecular flexibility index (Phi) is 13.7. The molecule has 0 heterocycles. The predicted octanol–water partition coefficient (Wildman–Crippen LogP) is 6.55. The maximum absolute atomic E-state index is 13.2.